The number of carbonyl (C=O) groups is 1. The molecule has 0 radical (unpaired) electrons. The fourth-order valence-electron chi connectivity index (χ4n) is 4.24. The average Bonchev–Trinajstić information content (AvgIpc) is 3.29. The van der Waals surface area contributed by atoms with E-state index in [4.69, 9.17) is 0 Å². The number of nitrogens with zero attached hydrogens (tertiary/aromatic N) is 3. The van der Waals surface area contributed by atoms with Gasteiger partial charge in [0, 0.05) is 37.4 Å². The lowest BCUT2D eigenvalue weighted by Crippen LogP contribution is -2.46. The van der Waals surface area contributed by atoms with E-state index >= 15 is 0 Å². The number of aromatic nitrogens is 2. The number of nitrogens with one attached hydrogen (secondary N) is 2. The maximum atomic E-state index is 11.4. The van der Waals surface area contributed by atoms with Gasteiger partial charge in [-0.3, -0.25) is 9.89 Å². The maximum Gasteiger partial charge on any atom is 0.211 e. The van der Waals surface area contributed by atoms with Crippen molar-refractivity contribution in [3.8, 4) is 22.4 Å². The standard InChI is InChI=1S/C26H25N5O/c32-19-27-25-24(22-13-11-21(12-14-22)20-7-3-1-4-8-20)28-29-26(25)31-17-15-30(16-18-31)23-9-5-2-6-10-23/h1-14,19H,15-18H2,(H,27,32)(H,28,29). The summed E-state index contributed by atoms with van der Waals surface area (Å²) in [6.07, 6.45) is 0.719. The van der Waals surface area contributed by atoms with Crippen LogP contribution >= 0.6 is 0 Å². The molecule has 0 spiro atoms. The quantitative estimate of drug-likeness (QED) is 0.444. The number of H-pyrrole nitrogens is 1. The minimum absolute atomic E-state index is 0.719. The molecule has 2 N–H and O–H groups in total. The number of hydrogen-bond donors (Lipinski definition) is 2. The molecule has 6 heteroatoms. The number of para-hydroxylation sites is 1. The first-order valence-electron chi connectivity index (χ1n) is 10.8. The summed E-state index contributed by atoms with van der Waals surface area (Å²) in [6, 6.07) is 29.0. The number of anilines is 3. The predicted molar refractivity (Wildman–Crippen MR) is 130 cm³/mol. The third-order valence-corrected chi connectivity index (χ3v) is 5.93. The molecule has 2 heterocycles. The van der Waals surface area contributed by atoms with Crippen molar-refractivity contribution in [2.24, 2.45) is 0 Å². The first kappa shape index (κ1) is 19.9. The molecular weight excluding hydrogens is 398 g/mol. The van der Waals surface area contributed by atoms with Gasteiger partial charge in [0.2, 0.25) is 6.41 Å². The van der Waals surface area contributed by atoms with Crippen molar-refractivity contribution in [2.45, 2.75) is 0 Å². The van der Waals surface area contributed by atoms with E-state index < -0.39 is 0 Å². The molecular formula is C26H25N5O. The zero-order valence-corrected chi connectivity index (χ0v) is 17.7. The number of aromatic amines is 1. The summed E-state index contributed by atoms with van der Waals surface area (Å²) >= 11 is 0. The van der Waals surface area contributed by atoms with Crippen LogP contribution in [0, 0.1) is 0 Å². The van der Waals surface area contributed by atoms with E-state index in [0.29, 0.717) is 0 Å². The molecule has 1 aliphatic rings. The molecule has 1 fully saturated rings. The summed E-state index contributed by atoms with van der Waals surface area (Å²) in [5.74, 6) is 0.784. The Hall–Kier alpha value is -4.06. The molecule has 160 valence electrons. The molecule has 5 rings (SSSR count). The van der Waals surface area contributed by atoms with Gasteiger partial charge in [-0.15, -0.1) is 0 Å². The van der Waals surface area contributed by atoms with Crippen LogP contribution in [0.1, 0.15) is 0 Å². The predicted octanol–water partition coefficient (Wildman–Crippen LogP) is 4.64. The Bertz CT molecular complexity index is 1160. The third-order valence-electron chi connectivity index (χ3n) is 5.93. The van der Waals surface area contributed by atoms with Gasteiger partial charge < -0.3 is 15.1 Å². The highest BCUT2D eigenvalue weighted by atomic mass is 16.1. The minimum atomic E-state index is 0.719. The molecule has 1 aromatic heterocycles. The van der Waals surface area contributed by atoms with Crippen LogP contribution in [-0.4, -0.2) is 42.8 Å². The van der Waals surface area contributed by atoms with Crippen LogP contribution < -0.4 is 15.1 Å². The van der Waals surface area contributed by atoms with Crippen molar-refractivity contribution in [2.75, 3.05) is 41.3 Å². The zero-order valence-electron chi connectivity index (χ0n) is 17.7. The van der Waals surface area contributed by atoms with E-state index in [1.54, 1.807) is 0 Å². The number of rotatable bonds is 6. The number of amides is 1. The van der Waals surface area contributed by atoms with Gasteiger partial charge in [-0.2, -0.15) is 5.10 Å². The lowest BCUT2D eigenvalue weighted by molar-refractivity contribution is -0.105. The SMILES string of the molecule is O=CNc1c(N2CCN(c3ccccc3)CC2)n[nH]c1-c1ccc(-c2ccccc2)cc1. The molecule has 0 atom stereocenters. The third kappa shape index (κ3) is 3.95. The fourth-order valence-corrected chi connectivity index (χ4v) is 4.24. The largest absolute Gasteiger partial charge is 0.368 e. The first-order chi connectivity index (χ1) is 15.8. The summed E-state index contributed by atoms with van der Waals surface area (Å²) < 4.78 is 0. The van der Waals surface area contributed by atoms with E-state index in [2.05, 4.69) is 86.0 Å². The normalized spacial score (nSPS) is 13.8. The summed E-state index contributed by atoms with van der Waals surface area (Å²) in [5, 5.41) is 10.6. The van der Waals surface area contributed by atoms with E-state index in [1.165, 1.54) is 11.3 Å². The zero-order chi connectivity index (χ0) is 21.8. The van der Waals surface area contributed by atoms with Crippen molar-refractivity contribution in [3.05, 3.63) is 84.9 Å². The highest BCUT2D eigenvalue weighted by molar-refractivity contribution is 5.90. The molecule has 1 saturated heterocycles. The summed E-state index contributed by atoms with van der Waals surface area (Å²) in [4.78, 5) is 16.0. The molecule has 0 saturated carbocycles. The van der Waals surface area contributed by atoms with Crippen molar-refractivity contribution in [1.82, 2.24) is 10.2 Å². The number of piperazine rings is 1. The number of benzene rings is 3. The second kappa shape index (κ2) is 8.98. The van der Waals surface area contributed by atoms with E-state index in [0.717, 1.165) is 60.9 Å². The number of hydrogen-bond acceptors (Lipinski definition) is 4. The van der Waals surface area contributed by atoms with Gasteiger partial charge in [-0.05, 0) is 23.3 Å². The second-order valence-electron chi connectivity index (χ2n) is 7.81. The van der Waals surface area contributed by atoms with E-state index in [-0.39, 0.29) is 0 Å². The van der Waals surface area contributed by atoms with Gasteiger partial charge in [-0.25, -0.2) is 0 Å². The molecule has 6 nitrogen and oxygen atoms in total. The highest BCUT2D eigenvalue weighted by Gasteiger charge is 2.24. The average molecular weight is 424 g/mol. The first-order valence-corrected chi connectivity index (χ1v) is 10.8. The molecule has 0 unspecified atom stereocenters. The molecule has 3 aromatic carbocycles. The Labute approximate surface area is 187 Å². The topological polar surface area (TPSA) is 64.3 Å². The highest BCUT2D eigenvalue weighted by Crippen LogP contribution is 2.35. The Morgan fingerprint density at radius 2 is 1.28 bits per heavy atom. The molecule has 1 amide bonds. The van der Waals surface area contributed by atoms with Crippen molar-refractivity contribution in [1.29, 1.82) is 0 Å². The van der Waals surface area contributed by atoms with Crippen LogP contribution in [-0.2, 0) is 4.79 Å². The Kier molecular flexibility index (Phi) is 5.58. The van der Waals surface area contributed by atoms with Crippen LogP contribution in [0.5, 0.6) is 0 Å². The molecule has 4 aromatic rings. The molecule has 0 bridgehead atoms. The van der Waals surface area contributed by atoms with Gasteiger partial charge in [0.15, 0.2) is 5.82 Å². The Morgan fingerprint density at radius 1 is 0.719 bits per heavy atom. The van der Waals surface area contributed by atoms with Gasteiger partial charge in [0.05, 0.1) is 5.69 Å². The van der Waals surface area contributed by atoms with Crippen molar-refractivity contribution >= 4 is 23.6 Å². The minimum Gasteiger partial charge on any atom is -0.368 e. The van der Waals surface area contributed by atoms with Crippen molar-refractivity contribution in [3.63, 3.8) is 0 Å². The van der Waals surface area contributed by atoms with Crippen molar-refractivity contribution < 1.29 is 4.79 Å². The summed E-state index contributed by atoms with van der Waals surface area (Å²) in [6.45, 7) is 3.47. The molecule has 0 aliphatic carbocycles. The van der Waals surface area contributed by atoms with Crippen LogP contribution in [0.2, 0.25) is 0 Å². The second-order valence-corrected chi connectivity index (χ2v) is 7.81. The van der Waals surface area contributed by atoms with Crippen LogP contribution in [0.4, 0.5) is 17.2 Å². The summed E-state index contributed by atoms with van der Waals surface area (Å²) in [5.41, 5.74) is 6.08. The molecule has 32 heavy (non-hydrogen) atoms. The van der Waals surface area contributed by atoms with Gasteiger partial charge >= 0.3 is 0 Å². The van der Waals surface area contributed by atoms with Gasteiger partial charge in [-0.1, -0.05) is 72.8 Å². The van der Waals surface area contributed by atoms with Crippen LogP contribution in [0.3, 0.4) is 0 Å². The maximum absolute atomic E-state index is 11.4. The number of carbonyl (C=O) groups excluding carboxylic acids is 1. The lowest BCUT2D eigenvalue weighted by atomic mass is 10.0. The Morgan fingerprint density at radius 3 is 1.94 bits per heavy atom. The van der Waals surface area contributed by atoms with Crippen LogP contribution in [0.15, 0.2) is 84.9 Å². The Balaban J connectivity index is 1.37. The van der Waals surface area contributed by atoms with Crippen LogP contribution in [0.25, 0.3) is 22.4 Å². The van der Waals surface area contributed by atoms with E-state index in [1.807, 2.05) is 24.3 Å². The smallest absolute Gasteiger partial charge is 0.211 e. The fraction of sp³-hybridized carbons (Fsp3) is 0.154. The summed E-state index contributed by atoms with van der Waals surface area (Å²) in [7, 11) is 0. The molecule has 1 aliphatic heterocycles. The monoisotopic (exact) mass is 423 g/mol. The lowest BCUT2D eigenvalue weighted by Gasteiger charge is -2.36. The van der Waals surface area contributed by atoms with E-state index in [9.17, 15) is 4.79 Å². The van der Waals surface area contributed by atoms with Gasteiger partial charge in [0.1, 0.15) is 5.69 Å². The van der Waals surface area contributed by atoms with Gasteiger partial charge in [0.25, 0.3) is 0 Å².